The molecule has 0 aliphatic carbocycles. The van der Waals surface area contributed by atoms with E-state index in [4.69, 9.17) is 4.74 Å². The highest BCUT2D eigenvalue weighted by molar-refractivity contribution is 7.92. The van der Waals surface area contributed by atoms with E-state index in [-0.39, 0.29) is 23.1 Å². The largest absolute Gasteiger partial charge is 0.495 e. The standard InChI is InChI=1S/C19H23F2N3O4S.ClH/c1-23(29(25,26)16-5-3-4-15(13-16)28-19(20)21)14-6-7-18(27-2)17(12-14)24-10-8-22-9-11-24;/h3-7,12-13,19,22H,8-11H2,1-2H3;1H. The molecule has 2 aromatic carbocycles. The van der Waals surface area contributed by atoms with Crippen LogP contribution in [0, 0.1) is 0 Å². The van der Waals surface area contributed by atoms with Crippen LogP contribution in [0.3, 0.4) is 0 Å². The number of alkyl halides is 2. The number of piperazine rings is 1. The van der Waals surface area contributed by atoms with Gasteiger partial charge < -0.3 is 19.7 Å². The van der Waals surface area contributed by atoms with Crippen molar-refractivity contribution in [1.29, 1.82) is 0 Å². The van der Waals surface area contributed by atoms with Gasteiger partial charge >= 0.3 is 6.61 Å². The minimum absolute atomic E-state index is 0. The molecule has 0 saturated carbocycles. The molecular formula is C19H24ClF2N3O4S. The fourth-order valence-electron chi connectivity index (χ4n) is 3.13. The van der Waals surface area contributed by atoms with Gasteiger partial charge in [-0.3, -0.25) is 4.31 Å². The number of hydrogen-bond donors (Lipinski definition) is 1. The van der Waals surface area contributed by atoms with Gasteiger partial charge in [-0.2, -0.15) is 8.78 Å². The molecule has 1 saturated heterocycles. The highest BCUT2D eigenvalue weighted by atomic mass is 35.5. The van der Waals surface area contributed by atoms with Gasteiger partial charge in [0.05, 0.1) is 23.4 Å². The number of nitrogens with zero attached hydrogens (tertiary/aromatic N) is 2. The first-order valence-corrected chi connectivity index (χ1v) is 10.4. The van der Waals surface area contributed by atoms with E-state index in [2.05, 4.69) is 15.0 Å². The smallest absolute Gasteiger partial charge is 0.387 e. The lowest BCUT2D eigenvalue weighted by Gasteiger charge is -2.31. The molecule has 0 aromatic heterocycles. The normalized spacial score (nSPS) is 14.2. The van der Waals surface area contributed by atoms with Crippen LogP contribution in [0.15, 0.2) is 47.4 Å². The van der Waals surface area contributed by atoms with E-state index in [0.717, 1.165) is 42.2 Å². The Morgan fingerprint density at radius 1 is 1.13 bits per heavy atom. The van der Waals surface area contributed by atoms with Crippen molar-refractivity contribution in [2.75, 3.05) is 49.5 Å². The first-order chi connectivity index (χ1) is 13.8. The second kappa shape index (κ2) is 10.1. The maximum absolute atomic E-state index is 13.0. The Morgan fingerprint density at radius 3 is 2.47 bits per heavy atom. The number of sulfonamides is 1. The molecule has 1 aliphatic rings. The molecule has 1 fully saturated rings. The van der Waals surface area contributed by atoms with Gasteiger partial charge in [0.1, 0.15) is 11.5 Å². The summed E-state index contributed by atoms with van der Waals surface area (Å²) in [5.74, 6) is 0.430. The topological polar surface area (TPSA) is 71.1 Å². The molecule has 0 atom stereocenters. The van der Waals surface area contributed by atoms with Crippen LogP contribution in [0.4, 0.5) is 20.2 Å². The Kier molecular flexibility index (Phi) is 8.10. The number of benzene rings is 2. The van der Waals surface area contributed by atoms with E-state index in [9.17, 15) is 17.2 Å². The van der Waals surface area contributed by atoms with Gasteiger partial charge in [-0.25, -0.2) is 8.42 Å². The van der Waals surface area contributed by atoms with Gasteiger partial charge in [0.25, 0.3) is 10.0 Å². The molecule has 1 aliphatic heterocycles. The van der Waals surface area contributed by atoms with Gasteiger partial charge in [-0.1, -0.05) is 6.07 Å². The summed E-state index contributed by atoms with van der Waals surface area (Å²) < 4.78 is 61.9. The van der Waals surface area contributed by atoms with Gasteiger partial charge in [-0.05, 0) is 30.3 Å². The third-order valence-electron chi connectivity index (χ3n) is 4.67. The third kappa shape index (κ3) is 5.24. The van der Waals surface area contributed by atoms with Crippen molar-refractivity contribution in [3.63, 3.8) is 0 Å². The van der Waals surface area contributed by atoms with Crippen molar-refractivity contribution in [1.82, 2.24) is 5.32 Å². The highest BCUT2D eigenvalue weighted by Gasteiger charge is 2.24. The molecule has 0 radical (unpaired) electrons. The van der Waals surface area contributed by atoms with E-state index in [1.165, 1.54) is 25.2 Å². The molecule has 0 unspecified atom stereocenters. The number of anilines is 2. The van der Waals surface area contributed by atoms with Crippen LogP contribution >= 0.6 is 12.4 Å². The summed E-state index contributed by atoms with van der Waals surface area (Å²) in [4.78, 5) is 1.98. The quantitative estimate of drug-likeness (QED) is 0.680. The summed E-state index contributed by atoms with van der Waals surface area (Å²) in [6, 6.07) is 10.2. The minimum Gasteiger partial charge on any atom is -0.495 e. The summed E-state index contributed by atoms with van der Waals surface area (Å²) in [6.07, 6.45) is 0. The molecule has 2 aromatic rings. The first-order valence-electron chi connectivity index (χ1n) is 9.00. The highest BCUT2D eigenvalue weighted by Crippen LogP contribution is 2.34. The summed E-state index contributed by atoms with van der Waals surface area (Å²) in [7, 11) is -0.999. The maximum atomic E-state index is 13.0. The molecule has 1 N–H and O–H groups in total. The van der Waals surface area contributed by atoms with Gasteiger partial charge in [0, 0.05) is 39.3 Å². The van der Waals surface area contributed by atoms with Crippen molar-refractivity contribution in [2.45, 2.75) is 11.5 Å². The molecule has 166 valence electrons. The van der Waals surface area contributed by atoms with E-state index in [1.54, 1.807) is 25.3 Å². The number of rotatable bonds is 7. The van der Waals surface area contributed by atoms with Crippen molar-refractivity contribution >= 4 is 33.8 Å². The summed E-state index contributed by atoms with van der Waals surface area (Å²) in [6.45, 7) is 0.137. The van der Waals surface area contributed by atoms with Crippen LogP contribution < -0.4 is 24.0 Å². The molecule has 7 nitrogen and oxygen atoms in total. The second-order valence-corrected chi connectivity index (χ2v) is 8.39. The Bertz CT molecular complexity index is 957. The average molecular weight is 464 g/mol. The third-order valence-corrected chi connectivity index (χ3v) is 6.45. The predicted octanol–water partition coefficient (Wildman–Crippen LogP) is 2.95. The zero-order valence-corrected chi connectivity index (χ0v) is 18.2. The number of halogens is 3. The molecule has 1 heterocycles. The molecule has 3 rings (SSSR count). The predicted molar refractivity (Wildman–Crippen MR) is 114 cm³/mol. The van der Waals surface area contributed by atoms with Crippen LogP contribution in [-0.4, -0.2) is 55.4 Å². The number of methoxy groups -OCH3 is 1. The Hall–Kier alpha value is -2.30. The molecule has 0 bridgehead atoms. The van der Waals surface area contributed by atoms with Crippen molar-refractivity contribution in [3.8, 4) is 11.5 Å². The van der Waals surface area contributed by atoms with Gasteiger partial charge in [-0.15, -0.1) is 12.4 Å². The Morgan fingerprint density at radius 2 is 1.83 bits per heavy atom. The Balaban J connectivity index is 0.00000320. The van der Waals surface area contributed by atoms with Crippen molar-refractivity contribution in [2.24, 2.45) is 0 Å². The molecule has 0 amide bonds. The van der Waals surface area contributed by atoms with Crippen LogP contribution in [0.5, 0.6) is 11.5 Å². The maximum Gasteiger partial charge on any atom is 0.387 e. The molecule has 11 heteroatoms. The van der Waals surface area contributed by atoms with Gasteiger partial charge in [0.15, 0.2) is 0 Å². The average Bonchev–Trinajstić information content (AvgIpc) is 2.73. The van der Waals surface area contributed by atoms with Crippen LogP contribution in [0.2, 0.25) is 0 Å². The van der Waals surface area contributed by atoms with Crippen molar-refractivity contribution in [3.05, 3.63) is 42.5 Å². The van der Waals surface area contributed by atoms with E-state index >= 15 is 0 Å². The molecule has 30 heavy (non-hydrogen) atoms. The van der Waals surface area contributed by atoms with Crippen LogP contribution in [0.1, 0.15) is 0 Å². The van der Waals surface area contributed by atoms with Gasteiger partial charge in [0.2, 0.25) is 0 Å². The zero-order chi connectivity index (χ0) is 21.0. The SMILES string of the molecule is COc1ccc(N(C)S(=O)(=O)c2cccc(OC(F)F)c2)cc1N1CCNCC1.Cl. The summed E-state index contributed by atoms with van der Waals surface area (Å²) in [5, 5.41) is 3.27. The Labute approximate surface area is 181 Å². The lowest BCUT2D eigenvalue weighted by atomic mass is 10.2. The number of ether oxygens (including phenoxy) is 2. The van der Waals surface area contributed by atoms with Crippen LogP contribution in [-0.2, 0) is 10.0 Å². The summed E-state index contributed by atoms with van der Waals surface area (Å²) >= 11 is 0. The first kappa shape index (κ1) is 24.0. The van der Waals surface area contributed by atoms with Crippen LogP contribution in [0.25, 0.3) is 0 Å². The van der Waals surface area contributed by atoms with E-state index in [0.29, 0.717) is 11.4 Å². The second-order valence-electron chi connectivity index (χ2n) is 6.42. The monoisotopic (exact) mass is 463 g/mol. The molecule has 0 spiro atoms. The molecular weight excluding hydrogens is 440 g/mol. The van der Waals surface area contributed by atoms with E-state index < -0.39 is 16.6 Å². The summed E-state index contributed by atoms with van der Waals surface area (Å²) in [5.41, 5.74) is 1.22. The minimum atomic E-state index is -3.98. The lowest BCUT2D eigenvalue weighted by molar-refractivity contribution is -0.0499. The van der Waals surface area contributed by atoms with Crippen molar-refractivity contribution < 1.29 is 26.7 Å². The lowest BCUT2D eigenvalue weighted by Crippen LogP contribution is -2.43. The van der Waals surface area contributed by atoms with E-state index in [1.807, 2.05) is 0 Å². The fourth-order valence-corrected chi connectivity index (χ4v) is 4.36. The number of nitrogens with one attached hydrogen (secondary N) is 1. The fraction of sp³-hybridized carbons (Fsp3) is 0.368. The zero-order valence-electron chi connectivity index (χ0n) is 16.5. The number of hydrogen-bond acceptors (Lipinski definition) is 6.